The van der Waals surface area contributed by atoms with Crippen molar-refractivity contribution >= 4 is 11.6 Å². The number of halogens is 1. The van der Waals surface area contributed by atoms with Crippen molar-refractivity contribution in [1.82, 2.24) is 5.32 Å². The van der Waals surface area contributed by atoms with Gasteiger partial charge >= 0.3 is 0 Å². The Balaban J connectivity index is 2.08. The van der Waals surface area contributed by atoms with Crippen LogP contribution in [0.15, 0.2) is 18.2 Å². The second-order valence-corrected chi connectivity index (χ2v) is 5.04. The molecule has 1 aliphatic rings. The van der Waals surface area contributed by atoms with Gasteiger partial charge in [-0.15, -0.1) is 0 Å². The highest BCUT2D eigenvalue weighted by Gasteiger charge is 2.29. The molecule has 1 aliphatic heterocycles. The summed E-state index contributed by atoms with van der Waals surface area (Å²) in [7, 11) is 1.66. The molecule has 0 spiro atoms. The highest BCUT2D eigenvalue weighted by Crippen LogP contribution is 2.27. The molecule has 1 saturated heterocycles. The van der Waals surface area contributed by atoms with E-state index < -0.39 is 0 Å². The number of hydrogen-bond donors (Lipinski definition) is 1. The lowest BCUT2D eigenvalue weighted by molar-refractivity contribution is 0.171. The van der Waals surface area contributed by atoms with Crippen LogP contribution in [0.25, 0.3) is 0 Å². The van der Waals surface area contributed by atoms with Crippen LogP contribution in [0.1, 0.15) is 18.9 Å². The summed E-state index contributed by atoms with van der Waals surface area (Å²) >= 11 is 6.19. The van der Waals surface area contributed by atoms with Gasteiger partial charge in [-0.1, -0.05) is 17.7 Å². The monoisotopic (exact) mass is 255 g/mol. The van der Waals surface area contributed by atoms with Gasteiger partial charge in [0.05, 0.1) is 13.7 Å². The summed E-state index contributed by atoms with van der Waals surface area (Å²) in [6, 6.07) is 5.70. The van der Waals surface area contributed by atoms with Crippen molar-refractivity contribution in [3.63, 3.8) is 0 Å². The fourth-order valence-corrected chi connectivity index (χ4v) is 2.24. The molecule has 1 atom stereocenters. The van der Waals surface area contributed by atoms with Gasteiger partial charge in [0.1, 0.15) is 5.75 Å². The lowest BCUT2D eigenvalue weighted by atomic mass is 10.0. The smallest absolute Gasteiger partial charge is 0.124 e. The Bertz CT molecular complexity index is 389. The van der Waals surface area contributed by atoms with Gasteiger partial charge in [-0.3, -0.25) is 0 Å². The Morgan fingerprint density at radius 2 is 2.35 bits per heavy atom. The molecule has 0 radical (unpaired) electrons. The molecule has 1 aromatic carbocycles. The van der Waals surface area contributed by atoms with E-state index in [1.54, 1.807) is 7.11 Å². The van der Waals surface area contributed by atoms with Gasteiger partial charge < -0.3 is 14.8 Å². The second kappa shape index (κ2) is 5.25. The first-order valence-corrected chi connectivity index (χ1v) is 6.16. The van der Waals surface area contributed by atoms with Gasteiger partial charge in [-0.2, -0.15) is 0 Å². The minimum Gasteiger partial charge on any atom is -0.496 e. The average Bonchev–Trinajstić information content (AvgIpc) is 2.75. The summed E-state index contributed by atoms with van der Waals surface area (Å²) in [4.78, 5) is 0. The first-order valence-electron chi connectivity index (χ1n) is 5.79. The summed E-state index contributed by atoms with van der Waals surface area (Å²) in [5.41, 5.74) is 1.05. The van der Waals surface area contributed by atoms with Crippen molar-refractivity contribution in [2.45, 2.75) is 25.4 Å². The Morgan fingerprint density at radius 3 is 3.00 bits per heavy atom. The molecule has 4 heteroatoms. The highest BCUT2D eigenvalue weighted by molar-refractivity contribution is 6.31. The molecule has 17 heavy (non-hydrogen) atoms. The maximum atomic E-state index is 6.19. The predicted molar refractivity (Wildman–Crippen MR) is 68.7 cm³/mol. The molecule has 1 heterocycles. The van der Waals surface area contributed by atoms with Crippen LogP contribution in [0.2, 0.25) is 5.02 Å². The molecule has 0 aliphatic carbocycles. The van der Waals surface area contributed by atoms with Crippen LogP contribution in [0.3, 0.4) is 0 Å². The van der Waals surface area contributed by atoms with E-state index in [9.17, 15) is 0 Å². The maximum absolute atomic E-state index is 6.19. The summed E-state index contributed by atoms with van der Waals surface area (Å²) in [6.45, 7) is 4.44. The van der Waals surface area contributed by atoms with E-state index in [2.05, 4.69) is 12.2 Å². The molecule has 1 aromatic rings. The highest BCUT2D eigenvalue weighted by atomic mass is 35.5. The zero-order chi connectivity index (χ0) is 12.3. The molecule has 0 saturated carbocycles. The molecule has 0 bridgehead atoms. The van der Waals surface area contributed by atoms with Crippen LogP contribution in [-0.4, -0.2) is 25.9 Å². The first kappa shape index (κ1) is 12.7. The third-order valence-corrected chi connectivity index (χ3v) is 3.56. The molecular weight excluding hydrogens is 238 g/mol. The summed E-state index contributed by atoms with van der Waals surface area (Å²) in [6.07, 6.45) is 1.03. The van der Waals surface area contributed by atoms with Crippen LogP contribution in [0.5, 0.6) is 5.75 Å². The zero-order valence-corrected chi connectivity index (χ0v) is 11.0. The fraction of sp³-hybridized carbons (Fsp3) is 0.538. The molecule has 0 aromatic heterocycles. The van der Waals surface area contributed by atoms with E-state index >= 15 is 0 Å². The van der Waals surface area contributed by atoms with Gasteiger partial charge in [0.15, 0.2) is 0 Å². The van der Waals surface area contributed by atoms with Crippen LogP contribution >= 0.6 is 11.6 Å². The largest absolute Gasteiger partial charge is 0.496 e. The number of rotatable bonds is 4. The van der Waals surface area contributed by atoms with Gasteiger partial charge in [0.25, 0.3) is 0 Å². The van der Waals surface area contributed by atoms with Gasteiger partial charge in [-0.25, -0.2) is 0 Å². The molecule has 3 nitrogen and oxygen atoms in total. The van der Waals surface area contributed by atoms with E-state index in [4.69, 9.17) is 21.1 Å². The predicted octanol–water partition coefficient (Wildman–Crippen LogP) is 2.62. The van der Waals surface area contributed by atoms with Crippen molar-refractivity contribution in [3.05, 3.63) is 28.8 Å². The van der Waals surface area contributed by atoms with Crippen molar-refractivity contribution < 1.29 is 9.47 Å². The van der Waals surface area contributed by atoms with Crippen LogP contribution in [0.4, 0.5) is 0 Å². The molecular formula is C13H18ClNO2. The molecule has 94 valence electrons. The molecule has 1 fully saturated rings. The fourth-order valence-electron chi connectivity index (χ4n) is 2.01. The van der Waals surface area contributed by atoms with E-state index in [0.29, 0.717) is 6.54 Å². The number of ether oxygens (including phenoxy) is 2. The number of benzene rings is 1. The zero-order valence-electron chi connectivity index (χ0n) is 10.3. The third-order valence-electron chi connectivity index (χ3n) is 3.21. The Kier molecular flexibility index (Phi) is 3.92. The van der Waals surface area contributed by atoms with Gasteiger partial charge in [0, 0.05) is 29.3 Å². The van der Waals surface area contributed by atoms with Crippen molar-refractivity contribution in [2.75, 3.05) is 20.3 Å². The summed E-state index contributed by atoms with van der Waals surface area (Å²) in [5, 5.41) is 4.24. The Morgan fingerprint density at radius 1 is 1.53 bits per heavy atom. The Labute approximate surface area is 107 Å². The number of hydrogen-bond acceptors (Lipinski definition) is 3. The Hall–Kier alpha value is -0.770. The lowest BCUT2D eigenvalue weighted by Gasteiger charge is -2.24. The number of nitrogens with one attached hydrogen (secondary N) is 1. The topological polar surface area (TPSA) is 30.5 Å². The van der Waals surface area contributed by atoms with E-state index in [1.807, 2.05) is 18.2 Å². The third kappa shape index (κ3) is 2.92. The lowest BCUT2D eigenvalue weighted by Crippen LogP contribution is -2.42. The van der Waals surface area contributed by atoms with E-state index in [-0.39, 0.29) is 5.54 Å². The first-order chi connectivity index (χ1) is 8.14. The van der Waals surface area contributed by atoms with Crippen molar-refractivity contribution in [3.8, 4) is 5.75 Å². The van der Waals surface area contributed by atoms with Crippen molar-refractivity contribution in [1.29, 1.82) is 0 Å². The van der Waals surface area contributed by atoms with Gasteiger partial charge in [-0.05, 0) is 25.5 Å². The standard InChI is InChI=1S/C13H18ClNO2/c1-13(6-7-17-9-13)15-8-10-11(14)4-3-5-12(10)16-2/h3-5,15H,6-9H2,1-2H3. The molecule has 0 amide bonds. The SMILES string of the molecule is COc1cccc(Cl)c1CNC1(C)CCOC1. The molecule has 2 rings (SSSR count). The average molecular weight is 256 g/mol. The minimum atomic E-state index is 0.0458. The quantitative estimate of drug-likeness (QED) is 0.897. The molecule has 1 unspecified atom stereocenters. The van der Waals surface area contributed by atoms with Crippen LogP contribution in [-0.2, 0) is 11.3 Å². The summed E-state index contributed by atoms with van der Waals surface area (Å²) < 4.78 is 10.7. The van der Waals surface area contributed by atoms with Crippen LogP contribution in [0, 0.1) is 0 Å². The maximum Gasteiger partial charge on any atom is 0.124 e. The summed E-state index contributed by atoms with van der Waals surface area (Å²) in [5.74, 6) is 0.826. The normalized spacial score (nSPS) is 23.9. The van der Waals surface area contributed by atoms with Gasteiger partial charge in [0.2, 0.25) is 0 Å². The number of methoxy groups -OCH3 is 1. The molecule has 1 N–H and O–H groups in total. The minimum absolute atomic E-state index is 0.0458. The second-order valence-electron chi connectivity index (χ2n) is 4.64. The van der Waals surface area contributed by atoms with Crippen LogP contribution < -0.4 is 10.1 Å². The van der Waals surface area contributed by atoms with Crippen molar-refractivity contribution in [2.24, 2.45) is 0 Å². The van der Waals surface area contributed by atoms with E-state index in [0.717, 1.165) is 36.0 Å². The van der Waals surface area contributed by atoms with E-state index in [1.165, 1.54) is 0 Å².